The molecule has 0 spiro atoms. The van der Waals surface area contributed by atoms with E-state index in [9.17, 15) is 10.5 Å². The van der Waals surface area contributed by atoms with E-state index in [4.69, 9.17) is 9.97 Å². The first kappa shape index (κ1) is 78.0. The minimum absolute atomic E-state index is 0.579. The third kappa shape index (κ3) is 13.3. The van der Waals surface area contributed by atoms with Gasteiger partial charge in [-0.05, 0) is 289 Å². The highest BCUT2D eigenvalue weighted by atomic mass is 15.1. The summed E-state index contributed by atoms with van der Waals surface area (Å²) in [6, 6.07) is 125. The number of nitriles is 2. The van der Waals surface area contributed by atoms with Crippen LogP contribution in [0.25, 0.3) is 199 Å². The van der Waals surface area contributed by atoms with E-state index in [-0.39, 0.29) is 0 Å². The molecule has 610 valence electrons. The Morgan fingerprint density at radius 2 is 0.484 bits per heavy atom. The molecule has 0 saturated heterocycles. The summed E-state index contributed by atoms with van der Waals surface area (Å²) in [5.41, 5.74) is 43.9. The van der Waals surface area contributed by atoms with Crippen molar-refractivity contribution in [3.63, 3.8) is 0 Å². The molecule has 6 heterocycles. The Morgan fingerprint density at radius 3 is 0.797 bits per heavy atom. The zero-order valence-corrected chi connectivity index (χ0v) is 73.3. The summed E-state index contributed by atoms with van der Waals surface area (Å²) >= 11 is 0. The molecule has 8 heteroatoms. The van der Waals surface area contributed by atoms with Gasteiger partial charge in [-0.1, -0.05) is 265 Å². The highest BCUT2D eigenvalue weighted by Crippen LogP contribution is 2.47. The van der Waals surface area contributed by atoms with E-state index in [0.717, 1.165) is 179 Å². The van der Waals surface area contributed by atoms with Crippen molar-refractivity contribution in [1.29, 1.82) is 10.5 Å². The van der Waals surface area contributed by atoms with Gasteiger partial charge in [0.2, 0.25) is 0 Å². The van der Waals surface area contributed by atoms with Crippen LogP contribution in [0, 0.1) is 91.9 Å². The first-order valence-corrected chi connectivity index (χ1v) is 44.2. The number of pyridine rings is 2. The van der Waals surface area contributed by atoms with Gasteiger partial charge in [0, 0.05) is 54.2 Å². The monoisotopic (exact) mass is 1640 g/mol. The Morgan fingerprint density at radius 1 is 0.219 bits per heavy atom. The molecule has 0 fully saturated rings. The summed E-state index contributed by atoms with van der Waals surface area (Å²) < 4.78 is 9.49. The molecule has 8 nitrogen and oxygen atoms in total. The number of benzene rings is 16. The van der Waals surface area contributed by atoms with Crippen molar-refractivity contribution in [2.24, 2.45) is 0 Å². The van der Waals surface area contributed by atoms with Crippen LogP contribution in [-0.2, 0) is 12.8 Å². The number of aryl methyl sites for hydroxylation is 12. The maximum absolute atomic E-state index is 10.7. The van der Waals surface area contributed by atoms with Gasteiger partial charge in [-0.25, -0.2) is 9.97 Å². The molecule has 22 aromatic rings. The van der Waals surface area contributed by atoms with Crippen LogP contribution < -0.4 is 0 Å². The van der Waals surface area contributed by atoms with Gasteiger partial charge in [0.25, 0.3) is 0 Å². The molecule has 0 N–H and O–H groups in total. The van der Waals surface area contributed by atoms with Crippen LogP contribution in [0.15, 0.2) is 340 Å². The van der Waals surface area contributed by atoms with Crippen molar-refractivity contribution >= 4 is 87.2 Å². The number of fused-ring (bicyclic) bond motifs is 12. The normalized spacial score (nSPS) is 11.7. The molecule has 22 rings (SSSR count). The van der Waals surface area contributed by atoms with Crippen LogP contribution in [0.5, 0.6) is 0 Å². The minimum atomic E-state index is 0.579. The third-order valence-corrected chi connectivity index (χ3v) is 26.8. The van der Waals surface area contributed by atoms with Crippen LogP contribution in [0.2, 0.25) is 0 Å². The molecule has 6 aromatic heterocycles. The van der Waals surface area contributed by atoms with Gasteiger partial charge in [-0.3, -0.25) is 9.13 Å². The second-order valence-electron chi connectivity index (χ2n) is 35.3. The van der Waals surface area contributed by atoms with E-state index in [1.54, 1.807) is 0 Å². The molecule has 0 unspecified atom stereocenters. The van der Waals surface area contributed by atoms with Crippen LogP contribution in [-0.4, -0.2) is 28.2 Å². The lowest BCUT2D eigenvalue weighted by Gasteiger charge is -2.18. The second-order valence-corrected chi connectivity index (χ2v) is 35.3. The Labute approximate surface area is 745 Å². The first-order chi connectivity index (χ1) is 62.4. The van der Waals surface area contributed by atoms with Crippen molar-refractivity contribution in [3.05, 3.63) is 418 Å². The minimum Gasteiger partial charge on any atom is -0.307 e. The van der Waals surface area contributed by atoms with Crippen LogP contribution >= 0.6 is 0 Å². The standard InChI is InChI=1S/C120H90N8/c1-71-25-39-93(75(5)51-71)87-35-47-103-104-48-36-88(94-40-26-72(2)52-76(94)6)61-113(104)126(112(103)60-87)118-70-124-120(66-108(118)86-20-16-18-84(58-86)68-122)128-115-63-91(96-42-28-74(4)54-78(96)8)37-49-105(115)106-50-38-92(64-116(106)128)98-44-32-82(56-80(98)10)30-29-81-31-43-97(79(9)55-81)89-33-45-101-99-21-11-13-23-109(99)125(111(101)59-89)117-69-123-119(65-107(117)85-19-15-17-83(57-85)67-121)127-110-24-14-12-22-100(110)102-46-34-90(62-114(102)127)95-41-27-73(3)53-77(95)7/h11-28,31-66,69-70H,29-30H2,1-10H3. The van der Waals surface area contributed by atoms with Gasteiger partial charge in [0.15, 0.2) is 0 Å². The Balaban J connectivity index is 0.617. The molecule has 0 atom stereocenters. The highest BCUT2D eigenvalue weighted by molar-refractivity contribution is 6.15. The Bertz CT molecular complexity index is 8440. The SMILES string of the molecule is Cc1ccc(-c2ccc3c4ccccc4n(-c4cc(-c5cccc(C#N)c5)c(-n5c6ccccc6c6ccc(-c7ccc(CCc8ccc(-c9ccc%10c%11ccc(-c%12ccc(C)cc%12C)cc%11n(-c%11cc(-c%12cccc(C#N)c%12)c(-n%12c%13cc(-c%14ccc(C)cc%14C)ccc%13c%13ccc(-c%14ccc(C)cc%14C)cc%13%12)cn%11)c%10c9)c(C)c8)cc7C)cc65)cn4)c3c2)c(C)c1. The summed E-state index contributed by atoms with van der Waals surface area (Å²) in [5.74, 6) is 1.55. The van der Waals surface area contributed by atoms with Crippen LogP contribution in [0.1, 0.15) is 77.9 Å². The maximum Gasteiger partial charge on any atom is 0.138 e. The molecular formula is C120H90N8. The van der Waals surface area contributed by atoms with Crippen molar-refractivity contribution in [3.8, 4) is 124 Å². The lowest BCUT2D eigenvalue weighted by atomic mass is 9.93. The third-order valence-electron chi connectivity index (χ3n) is 26.8. The summed E-state index contributed by atoms with van der Waals surface area (Å²) in [6.07, 6.45) is 5.86. The summed E-state index contributed by atoms with van der Waals surface area (Å²) in [4.78, 5) is 11.2. The molecule has 0 aliphatic heterocycles. The van der Waals surface area contributed by atoms with E-state index in [1.165, 1.54) is 100 Å². The fourth-order valence-corrected chi connectivity index (χ4v) is 20.7. The molecule has 0 saturated carbocycles. The molecule has 0 bridgehead atoms. The molecule has 0 radical (unpaired) electrons. The lowest BCUT2D eigenvalue weighted by molar-refractivity contribution is 0.956. The maximum atomic E-state index is 10.7. The lowest BCUT2D eigenvalue weighted by Crippen LogP contribution is -2.04. The molecule has 0 amide bonds. The van der Waals surface area contributed by atoms with Gasteiger partial charge >= 0.3 is 0 Å². The Kier molecular flexibility index (Phi) is 18.9. The van der Waals surface area contributed by atoms with Gasteiger partial charge in [0.1, 0.15) is 11.6 Å². The van der Waals surface area contributed by atoms with Crippen molar-refractivity contribution in [2.75, 3.05) is 0 Å². The molecule has 0 aliphatic carbocycles. The largest absolute Gasteiger partial charge is 0.307 e. The molecule has 0 aliphatic rings. The highest BCUT2D eigenvalue weighted by Gasteiger charge is 2.27. The van der Waals surface area contributed by atoms with Gasteiger partial charge in [0.05, 0.1) is 91.2 Å². The first-order valence-electron chi connectivity index (χ1n) is 44.2. The van der Waals surface area contributed by atoms with Crippen LogP contribution in [0.4, 0.5) is 0 Å². The number of hydrogen-bond donors (Lipinski definition) is 0. The second kappa shape index (κ2) is 31.0. The summed E-state index contributed by atoms with van der Waals surface area (Å²) in [7, 11) is 0. The Hall–Kier alpha value is -16.0. The number of nitrogens with zero attached hydrogens (tertiary/aromatic N) is 8. The van der Waals surface area contributed by atoms with Gasteiger partial charge < -0.3 is 9.13 Å². The number of rotatable bonds is 15. The smallest absolute Gasteiger partial charge is 0.138 e. The van der Waals surface area contributed by atoms with E-state index in [0.29, 0.717) is 11.1 Å². The van der Waals surface area contributed by atoms with E-state index in [1.807, 2.05) is 42.6 Å². The van der Waals surface area contributed by atoms with Crippen molar-refractivity contribution in [2.45, 2.75) is 82.1 Å². The fraction of sp³-hybridized carbons (Fsp3) is 0.100. The quantitative estimate of drug-likeness (QED) is 0.102. The van der Waals surface area contributed by atoms with E-state index in [2.05, 4.69) is 397 Å². The number of hydrogen-bond acceptors (Lipinski definition) is 4. The van der Waals surface area contributed by atoms with Crippen molar-refractivity contribution in [1.82, 2.24) is 28.2 Å². The average Bonchev–Trinajstić information content (AvgIpc) is 1.61. The van der Waals surface area contributed by atoms with E-state index < -0.39 is 0 Å². The zero-order valence-electron chi connectivity index (χ0n) is 73.3. The van der Waals surface area contributed by atoms with Crippen LogP contribution in [0.3, 0.4) is 0 Å². The van der Waals surface area contributed by atoms with Gasteiger partial charge in [-0.15, -0.1) is 0 Å². The predicted molar refractivity (Wildman–Crippen MR) is 534 cm³/mol. The summed E-state index contributed by atoms with van der Waals surface area (Å²) in [5, 5.41) is 30.2. The molecule has 16 aromatic carbocycles. The van der Waals surface area contributed by atoms with E-state index >= 15 is 0 Å². The number of aromatic nitrogens is 6. The predicted octanol–water partition coefficient (Wildman–Crippen LogP) is 30.8. The molecular weight excluding hydrogens is 1550 g/mol. The van der Waals surface area contributed by atoms with Gasteiger partial charge in [-0.2, -0.15) is 10.5 Å². The van der Waals surface area contributed by atoms with Crippen molar-refractivity contribution < 1.29 is 0 Å². The zero-order chi connectivity index (χ0) is 87.0. The fourth-order valence-electron chi connectivity index (χ4n) is 20.7. The summed E-state index contributed by atoms with van der Waals surface area (Å²) in [6.45, 7) is 21.9. The topological polar surface area (TPSA) is 93.1 Å². The average molecular weight is 1640 g/mol. The molecule has 128 heavy (non-hydrogen) atoms. The number of para-hydroxylation sites is 2.